The molecule has 7 heteroatoms. The van der Waals surface area contributed by atoms with E-state index in [1.165, 1.54) is 12.3 Å². The minimum absolute atomic E-state index is 0.183. The molecule has 0 aliphatic rings. The molecule has 0 unspecified atom stereocenters. The summed E-state index contributed by atoms with van der Waals surface area (Å²) in [5, 5.41) is 0. The summed E-state index contributed by atoms with van der Waals surface area (Å²) in [7, 11) is -3.57. The van der Waals surface area contributed by atoms with Gasteiger partial charge in [0.15, 0.2) is 0 Å². The summed E-state index contributed by atoms with van der Waals surface area (Å²) in [4.78, 5) is 3.00. The van der Waals surface area contributed by atoms with Crippen molar-refractivity contribution in [2.75, 3.05) is 4.72 Å². The zero-order valence-corrected chi connectivity index (χ0v) is 12.3. The number of rotatable bonds is 4. The van der Waals surface area contributed by atoms with Crippen LogP contribution >= 0.6 is 22.6 Å². The van der Waals surface area contributed by atoms with Gasteiger partial charge < -0.3 is 10.7 Å². The van der Waals surface area contributed by atoms with Gasteiger partial charge in [0.05, 0.1) is 5.69 Å². The van der Waals surface area contributed by atoms with Crippen molar-refractivity contribution in [2.45, 2.75) is 11.4 Å². The first-order chi connectivity index (χ1) is 8.53. The highest BCUT2D eigenvalue weighted by molar-refractivity contribution is 14.1. The number of aromatic amines is 1. The third kappa shape index (κ3) is 2.85. The molecule has 0 radical (unpaired) electrons. The molecule has 1 heterocycles. The molecule has 0 fully saturated rings. The Balaban J connectivity index is 2.30. The van der Waals surface area contributed by atoms with Crippen molar-refractivity contribution in [3.63, 3.8) is 0 Å². The topological polar surface area (TPSA) is 88.0 Å². The van der Waals surface area contributed by atoms with Crippen LogP contribution in [0.1, 0.15) is 5.69 Å². The maximum Gasteiger partial charge on any atom is 0.263 e. The van der Waals surface area contributed by atoms with Crippen LogP contribution < -0.4 is 10.5 Å². The molecule has 96 valence electrons. The van der Waals surface area contributed by atoms with Crippen LogP contribution in [-0.2, 0) is 16.6 Å². The van der Waals surface area contributed by atoms with Crippen molar-refractivity contribution in [2.24, 2.45) is 5.73 Å². The number of hydrogen-bond acceptors (Lipinski definition) is 3. The van der Waals surface area contributed by atoms with Crippen LogP contribution in [0.25, 0.3) is 0 Å². The summed E-state index contributed by atoms with van der Waals surface area (Å²) < 4.78 is 27.6. The number of nitrogens with two attached hydrogens (primary N) is 1. The highest BCUT2D eigenvalue weighted by Crippen LogP contribution is 2.21. The summed E-state index contributed by atoms with van der Waals surface area (Å²) in [5.41, 5.74) is 6.68. The molecule has 1 aromatic heterocycles. The number of nitrogens with one attached hydrogen (secondary N) is 2. The molecule has 0 aliphatic carbocycles. The highest BCUT2D eigenvalue weighted by atomic mass is 127. The van der Waals surface area contributed by atoms with Crippen LogP contribution in [0, 0.1) is 3.57 Å². The molecule has 2 aromatic rings. The lowest BCUT2D eigenvalue weighted by atomic mass is 10.3. The van der Waals surface area contributed by atoms with Gasteiger partial charge in [0.1, 0.15) is 4.90 Å². The van der Waals surface area contributed by atoms with Crippen LogP contribution in [0.4, 0.5) is 5.69 Å². The fraction of sp³-hybridized carbons (Fsp3) is 0.0909. The second kappa shape index (κ2) is 5.29. The maximum absolute atomic E-state index is 12.1. The summed E-state index contributed by atoms with van der Waals surface area (Å²) in [6.07, 6.45) is 1.43. The predicted octanol–water partition coefficient (Wildman–Crippen LogP) is 1.88. The molecule has 0 spiro atoms. The Kier molecular flexibility index (Phi) is 3.93. The number of H-pyrrole nitrogens is 1. The Morgan fingerprint density at radius 2 is 2.06 bits per heavy atom. The summed E-state index contributed by atoms with van der Waals surface area (Å²) in [5.74, 6) is 0. The van der Waals surface area contributed by atoms with Gasteiger partial charge in [-0.2, -0.15) is 0 Å². The number of sulfonamides is 1. The van der Waals surface area contributed by atoms with Crippen LogP contribution in [0.3, 0.4) is 0 Å². The number of anilines is 1. The lowest BCUT2D eigenvalue weighted by molar-refractivity contribution is 0.601. The molecule has 5 nitrogen and oxygen atoms in total. The average Bonchev–Trinajstić information content (AvgIpc) is 2.81. The number of aromatic nitrogens is 1. The number of halogens is 1. The Labute approximate surface area is 119 Å². The van der Waals surface area contributed by atoms with Crippen molar-refractivity contribution >= 4 is 38.3 Å². The molecule has 0 aliphatic heterocycles. The van der Waals surface area contributed by atoms with E-state index < -0.39 is 10.0 Å². The second-order valence-electron chi connectivity index (χ2n) is 3.65. The quantitative estimate of drug-likeness (QED) is 0.711. The smallest absolute Gasteiger partial charge is 0.263 e. The molecule has 0 saturated carbocycles. The van der Waals surface area contributed by atoms with Crippen LogP contribution in [0.15, 0.2) is 41.4 Å². The molecule has 0 atom stereocenters. The van der Waals surface area contributed by atoms with Gasteiger partial charge in [-0.1, -0.05) is 12.1 Å². The van der Waals surface area contributed by atoms with Gasteiger partial charge in [-0.15, -0.1) is 0 Å². The van der Waals surface area contributed by atoms with Crippen LogP contribution in [0.2, 0.25) is 0 Å². The molecule has 0 saturated heterocycles. The van der Waals surface area contributed by atoms with E-state index in [-0.39, 0.29) is 11.4 Å². The lowest BCUT2D eigenvalue weighted by Gasteiger charge is -2.07. The van der Waals surface area contributed by atoms with Gasteiger partial charge in [0, 0.05) is 22.0 Å². The van der Waals surface area contributed by atoms with E-state index in [2.05, 4.69) is 32.3 Å². The minimum atomic E-state index is -3.57. The zero-order valence-electron chi connectivity index (χ0n) is 9.35. The Morgan fingerprint density at radius 3 is 2.67 bits per heavy atom. The fourth-order valence-corrected chi connectivity index (χ4v) is 3.24. The van der Waals surface area contributed by atoms with E-state index in [9.17, 15) is 8.42 Å². The molecule has 0 bridgehead atoms. The summed E-state index contributed by atoms with van der Waals surface area (Å²) in [6.45, 7) is 0.276. The molecule has 2 rings (SSSR count). The van der Waals surface area contributed by atoms with E-state index in [0.29, 0.717) is 11.4 Å². The van der Waals surface area contributed by atoms with Crippen LogP contribution in [-0.4, -0.2) is 13.4 Å². The maximum atomic E-state index is 12.1. The largest absolute Gasteiger partial charge is 0.363 e. The normalized spacial score (nSPS) is 11.4. The number of benzene rings is 1. The predicted molar refractivity (Wildman–Crippen MR) is 78.7 cm³/mol. The van der Waals surface area contributed by atoms with Crippen molar-refractivity contribution in [3.8, 4) is 0 Å². The Hall–Kier alpha value is -1.06. The van der Waals surface area contributed by atoms with E-state index in [1.54, 1.807) is 12.1 Å². The molecule has 18 heavy (non-hydrogen) atoms. The molecule has 4 N–H and O–H groups in total. The lowest BCUT2D eigenvalue weighted by Crippen LogP contribution is -2.13. The Bertz CT molecular complexity index is 652. The van der Waals surface area contributed by atoms with E-state index in [4.69, 9.17) is 5.73 Å². The fourth-order valence-electron chi connectivity index (χ4n) is 1.44. The first kappa shape index (κ1) is 13.4. The van der Waals surface area contributed by atoms with E-state index in [1.807, 2.05) is 12.1 Å². The van der Waals surface area contributed by atoms with Gasteiger partial charge in [-0.05, 0) is 40.8 Å². The Morgan fingerprint density at radius 1 is 1.33 bits per heavy atom. The number of para-hydroxylation sites is 1. The first-order valence-electron chi connectivity index (χ1n) is 5.17. The third-order valence-corrected chi connectivity index (χ3v) is 4.65. The first-order valence-corrected chi connectivity index (χ1v) is 7.74. The minimum Gasteiger partial charge on any atom is -0.363 e. The van der Waals surface area contributed by atoms with Crippen molar-refractivity contribution in [1.29, 1.82) is 0 Å². The molecular formula is C11H12IN3O2S. The van der Waals surface area contributed by atoms with Gasteiger partial charge >= 0.3 is 0 Å². The van der Waals surface area contributed by atoms with Crippen molar-refractivity contribution in [3.05, 3.63) is 45.8 Å². The highest BCUT2D eigenvalue weighted by Gasteiger charge is 2.16. The monoisotopic (exact) mass is 377 g/mol. The third-order valence-electron chi connectivity index (χ3n) is 2.36. The summed E-state index contributed by atoms with van der Waals surface area (Å²) in [6, 6.07) is 8.71. The molecular weight excluding hydrogens is 365 g/mol. The van der Waals surface area contributed by atoms with E-state index >= 15 is 0 Å². The summed E-state index contributed by atoms with van der Waals surface area (Å²) >= 11 is 2.08. The standard InChI is InChI=1S/C11H12IN3O2S/c12-10-3-1-2-4-11(10)15-18(16,17)9-5-8(6-13)14-7-9/h1-5,7,14-15H,6,13H2. The second-order valence-corrected chi connectivity index (χ2v) is 6.49. The van der Waals surface area contributed by atoms with Gasteiger partial charge in [-0.3, -0.25) is 4.72 Å². The van der Waals surface area contributed by atoms with Gasteiger partial charge in [-0.25, -0.2) is 8.42 Å². The van der Waals surface area contributed by atoms with Crippen molar-refractivity contribution in [1.82, 2.24) is 4.98 Å². The zero-order chi connectivity index (χ0) is 13.2. The SMILES string of the molecule is NCc1cc(S(=O)(=O)Nc2ccccc2I)c[nH]1. The van der Waals surface area contributed by atoms with Gasteiger partial charge in [0.25, 0.3) is 10.0 Å². The van der Waals surface area contributed by atoms with E-state index in [0.717, 1.165) is 3.57 Å². The molecule has 1 aromatic carbocycles. The van der Waals surface area contributed by atoms with Crippen molar-refractivity contribution < 1.29 is 8.42 Å². The molecule has 0 amide bonds. The number of hydrogen-bond donors (Lipinski definition) is 3. The van der Waals surface area contributed by atoms with Gasteiger partial charge in [0.2, 0.25) is 0 Å². The van der Waals surface area contributed by atoms with Crippen LogP contribution in [0.5, 0.6) is 0 Å². The average molecular weight is 377 g/mol.